The summed E-state index contributed by atoms with van der Waals surface area (Å²) < 4.78 is 30.4. The van der Waals surface area contributed by atoms with Gasteiger partial charge in [0, 0.05) is 41.5 Å². The van der Waals surface area contributed by atoms with Crippen molar-refractivity contribution in [1.82, 2.24) is 19.3 Å². The Morgan fingerprint density at radius 2 is 2.03 bits per heavy atom. The van der Waals surface area contributed by atoms with Crippen LogP contribution in [-0.2, 0) is 14.8 Å². The summed E-state index contributed by atoms with van der Waals surface area (Å²) in [4.78, 5) is 19.0. The summed E-state index contributed by atoms with van der Waals surface area (Å²) in [6, 6.07) is 7.47. The zero-order chi connectivity index (χ0) is 24.5. The van der Waals surface area contributed by atoms with Crippen molar-refractivity contribution in [2.45, 2.75) is 56.4 Å². The predicted octanol–water partition coefficient (Wildman–Crippen LogP) is 3.61. The third-order valence-corrected chi connectivity index (χ3v) is 7.92. The van der Waals surface area contributed by atoms with Crippen molar-refractivity contribution in [3.63, 3.8) is 0 Å². The molecular weight excluding hydrogens is 478 g/mol. The second kappa shape index (κ2) is 9.89. The minimum absolute atomic E-state index is 0.151. The van der Waals surface area contributed by atoms with E-state index in [0.29, 0.717) is 60.1 Å². The van der Waals surface area contributed by atoms with Crippen LogP contribution in [-0.4, -0.2) is 53.2 Å². The number of fused-ring (bicyclic) bond motifs is 1. The lowest BCUT2D eigenvalue weighted by Crippen LogP contribution is -2.48. The summed E-state index contributed by atoms with van der Waals surface area (Å²) in [7, 11) is -3.73. The molecule has 0 bridgehead atoms. The lowest BCUT2D eigenvalue weighted by Gasteiger charge is -2.36. The number of sulfonamides is 1. The minimum Gasteiger partial charge on any atom is -0.481 e. The maximum Gasteiger partial charge on any atom is 0.311 e. The van der Waals surface area contributed by atoms with Crippen LogP contribution in [0.2, 0.25) is 5.02 Å². The number of rotatable bonds is 8. The van der Waals surface area contributed by atoms with Gasteiger partial charge >= 0.3 is 5.97 Å². The molecule has 182 valence electrons. The van der Waals surface area contributed by atoms with E-state index < -0.39 is 21.9 Å². The van der Waals surface area contributed by atoms with Crippen LogP contribution in [0.5, 0.6) is 0 Å². The number of carboxylic acid groups (broad SMARTS) is 1. The molecule has 11 heteroatoms. The molecule has 0 aliphatic carbocycles. The second-order valence-electron chi connectivity index (χ2n) is 8.58. The molecule has 1 aliphatic heterocycles. The Balaban J connectivity index is 1.70. The third kappa shape index (κ3) is 4.89. The molecule has 34 heavy (non-hydrogen) atoms. The highest BCUT2D eigenvalue weighted by atomic mass is 35.5. The number of hydrogen-bond donors (Lipinski definition) is 2. The van der Waals surface area contributed by atoms with E-state index in [1.807, 2.05) is 18.7 Å². The standard InChI is InChI=1S/C23H28ClN5O4S/c1-3-5-19(23(30)31)21-15(2)26-20-11-12-25-29(20)22(21)28-13-4-6-17(14-28)27-34(32,33)18-9-7-16(24)8-10-18/h7-12,17,19,27H,3-6,13-14H2,1-2H3,(H,30,31). The van der Waals surface area contributed by atoms with E-state index in [2.05, 4.69) is 14.8 Å². The topological polar surface area (TPSA) is 117 Å². The van der Waals surface area contributed by atoms with E-state index >= 15 is 0 Å². The molecule has 3 aromatic rings. The van der Waals surface area contributed by atoms with E-state index in [0.717, 1.165) is 6.42 Å². The molecule has 1 fully saturated rings. The first-order valence-corrected chi connectivity index (χ1v) is 13.2. The molecule has 1 aliphatic rings. The number of piperidine rings is 1. The van der Waals surface area contributed by atoms with Gasteiger partial charge in [0.2, 0.25) is 10.0 Å². The lowest BCUT2D eigenvalue weighted by molar-refractivity contribution is -0.139. The average molecular weight is 506 g/mol. The van der Waals surface area contributed by atoms with Gasteiger partial charge in [-0.3, -0.25) is 4.79 Å². The Morgan fingerprint density at radius 3 is 2.71 bits per heavy atom. The lowest BCUT2D eigenvalue weighted by atomic mass is 9.92. The Morgan fingerprint density at radius 1 is 1.29 bits per heavy atom. The van der Waals surface area contributed by atoms with Crippen LogP contribution < -0.4 is 9.62 Å². The van der Waals surface area contributed by atoms with Crippen molar-refractivity contribution in [2.75, 3.05) is 18.0 Å². The Labute approximate surface area is 203 Å². The van der Waals surface area contributed by atoms with Gasteiger partial charge in [0.15, 0.2) is 5.65 Å². The first kappa shape index (κ1) is 24.4. The highest BCUT2D eigenvalue weighted by molar-refractivity contribution is 7.89. The summed E-state index contributed by atoms with van der Waals surface area (Å²) >= 11 is 5.90. The highest BCUT2D eigenvalue weighted by Gasteiger charge is 2.33. The number of aliphatic carboxylic acids is 1. The Kier molecular flexibility index (Phi) is 7.11. The van der Waals surface area contributed by atoms with Crippen LogP contribution in [0.15, 0.2) is 41.4 Å². The van der Waals surface area contributed by atoms with E-state index in [-0.39, 0.29) is 10.9 Å². The molecule has 0 amide bonds. The zero-order valence-corrected chi connectivity index (χ0v) is 20.7. The molecule has 9 nitrogen and oxygen atoms in total. The Hall–Kier alpha value is -2.69. The van der Waals surface area contributed by atoms with Crippen LogP contribution in [0.3, 0.4) is 0 Å². The minimum atomic E-state index is -3.73. The fourth-order valence-electron chi connectivity index (χ4n) is 4.61. The first-order valence-electron chi connectivity index (χ1n) is 11.3. The maximum absolute atomic E-state index is 13.0. The molecule has 1 aromatic carbocycles. The molecule has 2 aromatic heterocycles. The summed E-state index contributed by atoms with van der Waals surface area (Å²) in [5.74, 6) is -0.965. The molecule has 1 saturated heterocycles. The number of aromatic nitrogens is 3. The molecule has 0 saturated carbocycles. The van der Waals surface area contributed by atoms with Crippen LogP contribution in [0.4, 0.5) is 5.82 Å². The second-order valence-corrected chi connectivity index (χ2v) is 10.7. The van der Waals surface area contributed by atoms with Crippen molar-refractivity contribution >= 4 is 39.1 Å². The van der Waals surface area contributed by atoms with Gasteiger partial charge in [-0.2, -0.15) is 9.61 Å². The van der Waals surface area contributed by atoms with Gasteiger partial charge in [-0.1, -0.05) is 24.9 Å². The van der Waals surface area contributed by atoms with Crippen LogP contribution >= 0.6 is 11.6 Å². The SMILES string of the molecule is CCCC(C(=O)O)c1c(C)nc2ccnn2c1N1CCCC(NS(=O)(=O)c2ccc(Cl)cc2)C1. The van der Waals surface area contributed by atoms with Crippen LogP contribution in [0, 0.1) is 6.92 Å². The average Bonchev–Trinajstić information content (AvgIpc) is 3.24. The molecule has 3 heterocycles. The molecule has 4 rings (SSSR count). The third-order valence-electron chi connectivity index (χ3n) is 6.13. The van der Waals surface area contributed by atoms with Crippen molar-refractivity contribution in [3.05, 3.63) is 52.8 Å². The van der Waals surface area contributed by atoms with Gasteiger partial charge in [0.1, 0.15) is 5.82 Å². The molecular formula is C23H28ClN5O4S. The molecule has 0 spiro atoms. The highest BCUT2D eigenvalue weighted by Crippen LogP contribution is 2.35. The zero-order valence-electron chi connectivity index (χ0n) is 19.1. The van der Waals surface area contributed by atoms with E-state index in [1.54, 1.807) is 28.9 Å². The smallest absolute Gasteiger partial charge is 0.311 e. The number of carbonyl (C=O) groups is 1. The fraction of sp³-hybridized carbons (Fsp3) is 0.435. The number of halogens is 1. The van der Waals surface area contributed by atoms with Gasteiger partial charge < -0.3 is 10.0 Å². The largest absolute Gasteiger partial charge is 0.481 e. The number of nitrogens with one attached hydrogen (secondary N) is 1. The quantitative estimate of drug-likeness (QED) is 0.480. The molecule has 0 radical (unpaired) electrons. The number of nitrogens with zero attached hydrogens (tertiary/aromatic N) is 4. The van der Waals surface area contributed by atoms with Crippen LogP contribution in [0.1, 0.15) is 49.8 Å². The van der Waals surface area contributed by atoms with Gasteiger partial charge in [-0.15, -0.1) is 0 Å². The van der Waals surface area contributed by atoms with Crippen molar-refractivity contribution in [3.8, 4) is 0 Å². The van der Waals surface area contributed by atoms with Crippen molar-refractivity contribution in [2.24, 2.45) is 0 Å². The van der Waals surface area contributed by atoms with E-state index in [1.165, 1.54) is 12.1 Å². The first-order chi connectivity index (χ1) is 16.2. The number of anilines is 1. The summed E-state index contributed by atoms with van der Waals surface area (Å²) in [5.41, 5.74) is 1.90. The van der Waals surface area contributed by atoms with Gasteiger partial charge in [0.05, 0.1) is 17.0 Å². The predicted molar refractivity (Wildman–Crippen MR) is 130 cm³/mol. The van der Waals surface area contributed by atoms with E-state index in [9.17, 15) is 18.3 Å². The van der Waals surface area contributed by atoms with Crippen LogP contribution in [0.25, 0.3) is 5.65 Å². The number of hydrogen-bond acceptors (Lipinski definition) is 6. The fourth-order valence-corrected chi connectivity index (χ4v) is 6.00. The van der Waals surface area contributed by atoms with Crippen molar-refractivity contribution < 1.29 is 18.3 Å². The molecule has 2 unspecified atom stereocenters. The summed E-state index contributed by atoms with van der Waals surface area (Å²) in [5, 5.41) is 14.9. The summed E-state index contributed by atoms with van der Waals surface area (Å²) in [6.45, 7) is 4.81. The summed E-state index contributed by atoms with van der Waals surface area (Å²) in [6.07, 6.45) is 4.22. The van der Waals surface area contributed by atoms with Gasteiger partial charge in [0.25, 0.3) is 0 Å². The Bertz CT molecular complexity index is 1290. The van der Waals surface area contributed by atoms with Gasteiger partial charge in [-0.05, 0) is 50.5 Å². The molecule has 2 N–H and O–H groups in total. The van der Waals surface area contributed by atoms with Gasteiger partial charge in [-0.25, -0.2) is 18.1 Å². The normalized spacial score (nSPS) is 17.7. The number of carboxylic acids is 1. The maximum atomic E-state index is 13.0. The number of benzene rings is 1. The van der Waals surface area contributed by atoms with E-state index in [4.69, 9.17) is 11.6 Å². The van der Waals surface area contributed by atoms with Crippen molar-refractivity contribution in [1.29, 1.82) is 0 Å². The monoisotopic (exact) mass is 505 g/mol. The number of aryl methyl sites for hydroxylation is 1. The molecule has 2 atom stereocenters.